The molecule has 1 heterocycles. The predicted octanol–water partition coefficient (Wildman–Crippen LogP) is 2.59. The molecular weight excluding hydrogens is 254 g/mol. The van der Waals surface area contributed by atoms with Crippen molar-refractivity contribution in [3.8, 4) is 11.5 Å². The lowest BCUT2D eigenvalue weighted by Crippen LogP contribution is -2.05. The molecule has 1 aromatic carbocycles. The standard InChI is InChI=1S/C16H19NO3/c1-2-19-16-11-13(12-18)6-7-15(16)20-10-8-14-5-3-4-9-17-14/h3-7,9,11,18H,2,8,10,12H2,1H3. The lowest BCUT2D eigenvalue weighted by molar-refractivity contribution is 0.269. The van der Waals surface area contributed by atoms with Gasteiger partial charge in [0, 0.05) is 18.3 Å². The maximum atomic E-state index is 9.14. The highest BCUT2D eigenvalue weighted by Gasteiger charge is 2.06. The average molecular weight is 273 g/mol. The van der Waals surface area contributed by atoms with Gasteiger partial charge >= 0.3 is 0 Å². The summed E-state index contributed by atoms with van der Waals surface area (Å²) in [5.74, 6) is 1.36. The Hall–Kier alpha value is -2.07. The van der Waals surface area contributed by atoms with Gasteiger partial charge in [0.2, 0.25) is 0 Å². The lowest BCUT2D eigenvalue weighted by atomic mass is 10.2. The number of rotatable bonds is 7. The van der Waals surface area contributed by atoms with Crippen LogP contribution in [0, 0.1) is 0 Å². The molecule has 0 aliphatic rings. The van der Waals surface area contributed by atoms with E-state index in [1.54, 1.807) is 12.3 Å². The molecule has 1 N–H and O–H groups in total. The summed E-state index contributed by atoms with van der Waals surface area (Å²) in [6.45, 7) is 3.01. The molecule has 106 valence electrons. The van der Waals surface area contributed by atoms with E-state index in [9.17, 15) is 0 Å². The first-order valence-electron chi connectivity index (χ1n) is 6.72. The van der Waals surface area contributed by atoms with Gasteiger partial charge in [0.1, 0.15) is 0 Å². The van der Waals surface area contributed by atoms with Crippen molar-refractivity contribution in [2.75, 3.05) is 13.2 Å². The van der Waals surface area contributed by atoms with E-state index in [0.717, 1.165) is 17.7 Å². The Morgan fingerprint density at radius 1 is 1.10 bits per heavy atom. The zero-order chi connectivity index (χ0) is 14.2. The van der Waals surface area contributed by atoms with Crippen LogP contribution in [0.1, 0.15) is 18.2 Å². The molecule has 0 aliphatic carbocycles. The van der Waals surface area contributed by atoms with Crippen LogP contribution >= 0.6 is 0 Å². The molecule has 1 aromatic heterocycles. The molecule has 4 heteroatoms. The Morgan fingerprint density at radius 2 is 2.00 bits per heavy atom. The number of hydrogen-bond donors (Lipinski definition) is 1. The van der Waals surface area contributed by atoms with E-state index in [0.29, 0.717) is 24.7 Å². The van der Waals surface area contributed by atoms with Crippen LogP contribution in [0.15, 0.2) is 42.6 Å². The first-order valence-corrected chi connectivity index (χ1v) is 6.72. The highest BCUT2D eigenvalue weighted by Crippen LogP contribution is 2.28. The number of ether oxygens (including phenoxy) is 2. The van der Waals surface area contributed by atoms with Crippen molar-refractivity contribution in [3.63, 3.8) is 0 Å². The smallest absolute Gasteiger partial charge is 0.161 e. The molecule has 4 nitrogen and oxygen atoms in total. The van der Waals surface area contributed by atoms with Crippen molar-refractivity contribution >= 4 is 0 Å². The van der Waals surface area contributed by atoms with Crippen molar-refractivity contribution in [1.29, 1.82) is 0 Å². The van der Waals surface area contributed by atoms with Crippen LogP contribution in [0.25, 0.3) is 0 Å². The van der Waals surface area contributed by atoms with Crippen LogP contribution in [0.4, 0.5) is 0 Å². The molecule has 20 heavy (non-hydrogen) atoms. The Balaban J connectivity index is 1.98. The van der Waals surface area contributed by atoms with Gasteiger partial charge in [-0.05, 0) is 36.8 Å². The van der Waals surface area contributed by atoms with Crippen LogP contribution in [-0.2, 0) is 13.0 Å². The summed E-state index contributed by atoms with van der Waals surface area (Å²) < 4.78 is 11.3. The molecule has 0 fully saturated rings. The molecule has 2 rings (SSSR count). The molecule has 2 aromatic rings. The predicted molar refractivity (Wildman–Crippen MR) is 77.0 cm³/mol. The maximum absolute atomic E-state index is 9.14. The topological polar surface area (TPSA) is 51.6 Å². The Labute approximate surface area is 119 Å². The third-order valence-electron chi connectivity index (χ3n) is 2.83. The monoisotopic (exact) mass is 273 g/mol. The van der Waals surface area contributed by atoms with Gasteiger partial charge in [0.05, 0.1) is 19.8 Å². The average Bonchev–Trinajstić information content (AvgIpc) is 2.50. The summed E-state index contributed by atoms with van der Waals surface area (Å²) in [4.78, 5) is 4.25. The minimum atomic E-state index is -0.00567. The summed E-state index contributed by atoms with van der Waals surface area (Å²) in [6, 6.07) is 11.3. The summed E-state index contributed by atoms with van der Waals surface area (Å²) in [7, 11) is 0. The molecule has 0 atom stereocenters. The molecule has 0 amide bonds. The first-order chi connectivity index (χ1) is 9.83. The van der Waals surface area contributed by atoms with Gasteiger partial charge in [-0.2, -0.15) is 0 Å². The van der Waals surface area contributed by atoms with Gasteiger partial charge in [-0.15, -0.1) is 0 Å². The number of benzene rings is 1. The molecular formula is C16H19NO3. The van der Waals surface area contributed by atoms with E-state index in [-0.39, 0.29) is 6.61 Å². The second-order valence-corrected chi connectivity index (χ2v) is 4.29. The maximum Gasteiger partial charge on any atom is 0.161 e. The highest BCUT2D eigenvalue weighted by molar-refractivity contribution is 5.42. The number of aliphatic hydroxyl groups is 1. The summed E-state index contributed by atoms with van der Waals surface area (Å²) in [6.07, 6.45) is 2.52. The van der Waals surface area contributed by atoms with Crippen molar-refractivity contribution in [2.24, 2.45) is 0 Å². The van der Waals surface area contributed by atoms with E-state index < -0.39 is 0 Å². The Morgan fingerprint density at radius 3 is 2.70 bits per heavy atom. The fourth-order valence-corrected chi connectivity index (χ4v) is 1.85. The zero-order valence-corrected chi connectivity index (χ0v) is 11.6. The first kappa shape index (κ1) is 14.3. The van der Waals surface area contributed by atoms with E-state index in [1.807, 2.05) is 37.3 Å². The minimum Gasteiger partial charge on any atom is -0.490 e. The lowest BCUT2D eigenvalue weighted by Gasteiger charge is -2.12. The van der Waals surface area contributed by atoms with Crippen molar-refractivity contribution in [1.82, 2.24) is 4.98 Å². The Kier molecular flexibility index (Phi) is 5.38. The molecule has 0 bridgehead atoms. The largest absolute Gasteiger partial charge is 0.490 e. The van der Waals surface area contributed by atoms with Crippen molar-refractivity contribution in [3.05, 3.63) is 53.9 Å². The van der Waals surface area contributed by atoms with Gasteiger partial charge in [-0.25, -0.2) is 0 Å². The van der Waals surface area contributed by atoms with Gasteiger partial charge in [-0.1, -0.05) is 12.1 Å². The van der Waals surface area contributed by atoms with Crippen LogP contribution in [0.2, 0.25) is 0 Å². The van der Waals surface area contributed by atoms with E-state index in [4.69, 9.17) is 14.6 Å². The van der Waals surface area contributed by atoms with Crippen molar-refractivity contribution in [2.45, 2.75) is 20.0 Å². The highest BCUT2D eigenvalue weighted by atomic mass is 16.5. The fourth-order valence-electron chi connectivity index (χ4n) is 1.85. The minimum absolute atomic E-state index is 0.00567. The summed E-state index contributed by atoms with van der Waals surface area (Å²) in [5, 5.41) is 9.14. The molecule has 0 saturated heterocycles. The molecule has 0 aliphatic heterocycles. The third-order valence-corrected chi connectivity index (χ3v) is 2.83. The van der Waals surface area contributed by atoms with E-state index in [1.165, 1.54) is 0 Å². The molecule has 0 unspecified atom stereocenters. The second kappa shape index (κ2) is 7.50. The van der Waals surface area contributed by atoms with Gasteiger partial charge in [0.15, 0.2) is 11.5 Å². The summed E-state index contributed by atoms with van der Waals surface area (Å²) in [5.41, 5.74) is 1.81. The molecule has 0 saturated carbocycles. The quantitative estimate of drug-likeness (QED) is 0.842. The normalized spacial score (nSPS) is 10.3. The zero-order valence-electron chi connectivity index (χ0n) is 11.6. The van der Waals surface area contributed by atoms with Gasteiger partial charge in [-0.3, -0.25) is 4.98 Å². The molecule has 0 spiro atoms. The molecule has 0 radical (unpaired) electrons. The van der Waals surface area contributed by atoms with Gasteiger partial charge < -0.3 is 14.6 Å². The number of pyridine rings is 1. The van der Waals surface area contributed by atoms with E-state index >= 15 is 0 Å². The summed E-state index contributed by atoms with van der Waals surface area (Å²) >= 11 is 0. The van der Waals surface area contributed by atoms with E-state index in [2.05, 4.69) is 4.98 Å². The number of hydrogen-bond acceptors (Lipinski definition) is 4. The number of nitrogens with zero attached hydrogens (tertiary/aromatic N) is 1. The van der Waals surface area contributed by atoms with Crippen LogP contribution in [0.3, 0.4) is 0 Å². The fraction of sp³-hybridized carbons (Fsp3) is 0.312. The number of aliphatic hydroxyl groups excluding tert-OH is 1. The van der Waals surface area contributed by atoms with Crippen LogP contribution in [0.5, 0.6) is 11.5 Å². The third kappa shape index (κ3) is 3.96. The Bertz CT molecular complexity index is 529. The van der Waals surface area contributed by atoms with Gasteiger partial charge in [0.25, 0.3) is 0 Å². The number of aromatic nitrogens is 1. The SMILES string of the molecule is CCOc1cc(CO)ccc1OCCc1ccccn1. The van der Waals surface area contributed by atoms with Crippen LogP contribution < -0.4 is 9.47 Å². The van der Waals surface area contributed by atoms with Crippen molar-refractivity contribution < 1.29 is 14.6 Å². The van der Waals surface area contributed by atoms with Crippen LogP contribution in [-0.4, -0.2) is 23.3 Å². The second-order valence-electron chi connectivity index (χ2n) is 4.29.